The van der Waals surface area contributed by atoms with Crippen molar-refractivity contribution in [2.75, 3.05) is 7.11 Å². The zero-order chi connectivity index (χ0) is 21.1. The third kappa shape index (κ3) is 4.21. The van der Waals surface area contributed by atoms with Crippen LogP contribution < -0.4 is 19.6 Å². The van der Waals surface area contributed by atoms with Gasteiger partial charge in [0, 0.05) is 16.6 Å². The van der Waals surface area contributed by atoms with Crippen molar-refractivity contribution in [3.8, 4) is 23.0 Å². The van der Waals surface area contributed by atoms with Gasteiger partial charge in [-0.1, -0.05) is 22.0 Å². The molecule has 0 aliphatic heterocycles. The third-order valence-electron chi connectivity index (χ3n) is 4.27. The van der Waals surface area contributed by atoms with Crippen molar-refractivity contribution in [3.63, 3.8) is 0 Å². The topological polar surface area (TPSA) is 75.0 Å². The molecule has 0 saturated carbocycles. The minimum Gasteiger partial charge on any atom is -0.497 e. The molecule has 0 atom stereocenters. The number of carbonyl (C=O) groups is 1. The fourth-order valence-corrected chi connectivity index (χ4v) is 3.03. The summed E-state index contributed by atoms with van der Waals surface area (Å²) in [6.45, 7) is 0. The summed E-state index contributed by atoms with van der Waals surface area (Å²) in [7, 11) is 1.55. The molecule has 0 N–H and O–H groups in total. The van der Waals surface area contributed by atoms with Crippen molar-refractivity contribution < 1.29 is 23.4 Å². The zero-order valence-electron chi connectivity index (χ0n) is 15.8. The van der Waals surface area contributed by atoms with Crippen LogP contribution in [0.4, 0.5) is 0 Å². The van der Waals surface area contributed by atoms with Crippen LogP contribution in [-0.4, -0.2) is 13.1 Å². The van der Waals surface area contributed by atoms with Gasteiger partial charge in [-0.25, -0.2) is 4.79 Å². The van der Waals surface area contributed by atoms with E-state index >= 15 is 0 Å². The number of hydrogen-bond acceptors (Lipinski definition) is 6. The number of hydrogen-bond donors (Lipinski definition) is 0. The Kier molecular flexibility index (Phi) is 5.54. The summed E-state index contributed by atoms with van der Waals surface area (Å²) in [4.78, 5) is 25.0. The lowest BCUT2D eigenvalue weighted by Crippen LogP contribution is -2.09. The summed E-state index contributed by atoms with van der Waals surface area (Å²) in [5, 5.41) is 0.304. The first-order valence-corrected chi connectivity index (χ1v) is 9.68. The van der Waals surface area contributed by atoms with Gasteiger partial charge >= 0.3 is 5.97 Å². The highest BCUT2D eigenvalue weighted by molar-refractivity contribution is 9.10. The van der Waals surface area contributed by atoms with Gasteiger partial charge in [-0.05, 0) is 48.5 Å². The average molecular weight is 467 g/mol. The second-order valence-corrected chi connectivity index (χ2v) is 7.18. The first-order chi connectivity index (χ1) is 14.5. The van der Waals surface area contributed by atoms with E-state index in [2.05, 4.69) is 15.9 Å². The Morgan fingerprint density at radius 1 is 0.933 bits per heavy atom. The molecular formula is C23H15BrO6. The van der Waals surface area contributed by atoms with E-state index in [0.29, 0.717) is 22.4 Å². The molecule has 4 rings (SSSR count). The maximum atomic E-state index is 12.7. The molecule has 1 heterocycles. The largest absolute Gasteiger partial charge is 0.497 e. The van der Waals surface area contributed by atoms with E-state index in [1.54, 1.807) is 55.6 Å². The SMILES string of the molecule is COc1cccc(Oc2coc3cc(OC(=O)c4ccc(Br)cc4)ccc3c2=O)c1. The van der Waals surface area contributed by atoms with Crippen molar-refractivity contribution in [2.24, 2.45) is 0 Å². The minimum absolute atomic E-state index is 0.0374. The van der Waals surface area contributed by atoms with Crippen LogP contribution in [0.1, 0.15) is 10.4 Å². The lowest BCUT2D eigenvalue weighted by molar-refractivity contribution is 0.0735. The van der Waals surface area contributed by atoms with Gasteiger partial charge in [0.2, 0.25) is 11.2 Å². The van der Waals surface area contributed by atoms with E-state index in [1.807, 2.05) is 0 Å². The van der Waals surface area contributed by atoms with E-state index in [0.717, 1.165) is 4.47 Å². The van der Waals surface area contributed by atoms with Gasteiger partial charge < -0.3 is 18.6 Å². The molecular weight excluding hydrogens is 452 g/mol. The van der Waals surface area contributed by atoms with Crippen LogP contribution in [0.3, 0.4) is 0 Å². The number of carbonyl (C=O) groups excluding carboxylic acids is 1. The number of methoxy groups -OCH3 is 1. The van der Waals surface area contributed by atoms with Gasteiger partial charge in [-0.2, -0.15) is 0 Å². The van der Waals surface area contributed by atoms with Crippen LogP contribution in [0, 0.1) is 0 Å². The molecule has 3 aromatic carbocycles. The Hall–Kier alpha value is -3.58. The molecule has 150 valence electrons. The van der Waals surface area contributed by atoms with Crippen molar-refractivity contribution in [1.82, 2.24) is 0 Å². The summed E-state index contributed by atoms with van der Waals surface area (Å²) < 4.78 is 22.6. The number of benzene rings is 3. The molecule has 0 bridgehead atoms. The van der Waals surface area contributed by atoms with Crippen LogP contribution in [0.2, 0.25) is 0 Å². The normalized spacial score (nSPS) is 10.6. The molecule has 0 saturated heterocycles. The summed E-state index contributed by atoms with van der Waals surface area (Å²) >= 11 is 3.32. The van der Waals surface area contributed by atoms with Crippen molar-refractivity contribution >= 4 is 32.9 Å². The Labute approximate surface area is 179 Å². The molecule has 7 heteroatoms. The minimum atomic E-state index is -0.512. The second-order valence-electron chi connectivity index (χ2n) is 6.26. The molecule has 30 heavy (non-hydrogen) atoms. The van der Waals surface area contributed by atoms with Gasteiger partial charge in [0.1, 0.15) is 29.1 Å². The summed E-state index contributed by atoms with van der Waals surface area (Å²) in [6.07, 6.45) is 1.23. The molecule has 0 radical (unpaired) electrons. The average Bonchev–Trinajstić information content (AvgIpc) is 2.76. The van der Waals surface area contributed by atoms with Gasteiger partial charge in [0.25, 0.3) is 0 Å². The molecule has 0 spiro atoms. The predicted octanol–water partition coefficient (Wildman–Crippen LogP) is 5.58. The number of ether oxygens (including phenoxy) is 3. The number of halogens is 1. The first-order valence-electron chi connectivity index (χ1n) is 8.89. The lowest BCUT2D eigenvalue weighted by Gasteiger charge is -2.08. The van der Waals surface area contributed by atoms with E-state index < -0.39 is 5.97 Å². The number of esters is 1. The molecule has 4 aromatic rings. The zero-order valence-corrected chi connectivity index (χ0v) is 17.3. The highest BCUT2D eigenvalue weighted by Crippen LogP contribution is 2.26. The quantitative estimate of drug-likeness (QED) is 0.282. The van der Waals surface area contributed by atoms with Crippen molar-refractivity contribution in [2.45, 2.75) is 0 Å². The van der Waals surface area contributed by atoms with E-state index in [4.69, 9.17) is 18.6 Å². The molecule has 1 aromatic heterocycles. The highest BCUT2D eigenvalue weighted by atomic mass is 79.9. The van der Waals surface area contributed by atoms with E-state index in [-0.39, 0.29) is 22.5 Å². The van der Waals surface area contributed by atoms with Gasteiger partial charge in [0.05, 0.1) is 18.1 Å². The Morgan fingerprint density at radius 3 is 2.47 bits per heavy atom. The van der Waals surface area contributed by atoms with Gasteiger partial charge in [0.15, 0.2) is 0 Å². The molecule has 0 fully saturated rings. The maximum Gasteiger partial charge on any atom is 0.343 e. The fourth-order valence-electron chi connectivity index (χ4n) is 2.77. The number of rotatable bonds is 5. The second kappa shape index (κ2) is 8.42. The molecule has 0 aliphatic carbocycles. The van der Waals surface area contributed by atoms with E-state index in [1.165, 1.54) is 24.5 Å². The van der Waals surface area contributed by atoms with Crippen LogP contribution in [0.25, 0.3) is 11.0 Å². The summed E-state index contributed by atoms with van der Waals surface area (Å²) in [5.41, 5.74) is 0.339. The fraction of sp³-hybridized carbons (Fsp3) is 0.0435. The standard InChI is InChI=1S/C23H15BrO6/c1-27-16-3-2-4-17(11-16)29-21-13-28-20-12-18(9-10-19(20)22(21)25)30-23(26)14-5-7-15(24)8-6-14/h2-13H,1H3. The predicted molar refractivity (Wildman–Crippen MR) is 115 cm³/mol. The van der Waals surface area contributed by atoms with Crippen molar-refractivity contribution in [3.05, 3.63) is 93.3 Å². The highest BCUT2D eigenvalue weighted by Gasteiger charge is 2.13. The lowest BCUT2D eigenvalue weighted by atomic mass is 10.2. The van der Waals surface area contributed by atoms with Crippen LogP contribution in [0.15, 0.2) is 86.7 Å². The van der Waals surface area contributed by atoms with E-state index in [9.17, 15) is 9.59 Å². The van der Waals surface area contributed by atoms with Crippen molar-refractivity contribution in [1.29, 1.82) is 0 Å². The summed E-state index contributed by atoms with van der Waals surface area (Å²) in [6, 6.07) is 18.2. The molecule has 0 unspecified atom stereocenters. The van der Waals surface area contributed by atoms with Crippen LogP contribution in [-0.2, 0) is 0 Å². The Balaban J connectivity index is 1.58. The molecule has 0 amide bonds. The molecule has 6 nitrogen and oxygen atoms in total. The van der Waals surface area contributed by atoms with Crippen LogP contribution >= 0.6 is 15.9 Å². The van der Waals surface area contributed by atoms with Gasteiger partial charge in [-0.15, -0.1) is 0 Å². The smallest absolute Gasteiger partial charge is 0.343 e. The molecule has 0 aliphatic rings. The first kappa shape index (κ1) is 19.7. The maximum absolute atomic E-state index is 12.7. The Morgan fingerprint density at radius 2 is 1.70 bits per heavy atom. The Bertz CT molecular complexity index is 1280. The van der Waals surface area contributed by atoms with Crippen LogP contribution in [0.5, 0.6) is 23.0 Å². The number of fused-ring (bicyclic) bond motifs is 1. The van der Waals surface area contributed by atoms with Gasteiger partial charge in [-0.3, -0.25) is 4.79 Å². The third-order valence-corrected chi connectivity index (χ3v) is 4.80. The monoisotopic (exact) mass is 466 g/mol. The summed E-state index contributed by atoms with van der Waals surface area (Å²) in [5.74, 6) is 0.841.